The smallest absolute Gasteiger partial charge is 0.182 e. The van der Waals surface area contributed by atoms with E-state index in [0.29, 0.717) is 11.8 Å². The van der Waals surface area contributed by atoms with Crippen LogP contribution in [0, 0.1) is 5.41 Å². The second kappa shape index (κ2) is 10.1. The van der Waals surface area contributed by atoms with Crippen molar-refractivity contribution >= 4 is 16.5 Å². The molecule has 2 atom stereocenters. The highest BCUT2D eigenvalue weighted by atomic mass is 32.1. The number of aromatic nitrogens is 1. The van der Waals surface area contributed by atoms with Gasteiger partial charge >= 0.3 is 0 Å². The van der Waals surface area contributed by atoms with Gasteiger partial charge < -0.3 is 5.32 Å². The molecule has 3 aromatic rings. The summed E-state index contributed by atoms with van der Waals surface area (Å²) in [5, 5.41) is 7.03. The average Bonchev–Trinajstić information content (AvgIpc) is 3.37. The quantitative estimate of drug-likeness (QED) is 0.360. The van der Waals surface area contributed by atoms with Gasteiger partial charge in [0.15, 0.2) is 5.13 Å². The van der Waals surface area contributed by atoms with Crippen LogP contribution >= 0.6 is 11.3 Å². The molecular weight excluding hydrogens is 432 g/mol. The van der Waals surface area contributed by atoms with Gasteiger partial charge in [-0.15, -0.1) is 11.3 Å². The van der Waals surface area contributed by atoms with Gasteiger partial charge in [-0.1, -0.05) is 98.8 Å². The number of hydrogen-bond acceptors (Lipinski definition) is 3. The molecule has 5 rings (SSSR count). The Bertz CT molecular complexity index is 1150. The molecule has 2 aromatic carbocycles. The van der Waals surface area contributed by atoms with E-state index in [1.807, 2.05) is 0 Å². The third-order valence-corrected chi connectivity index (χ3v) is 8.43. The summed E-state index contributed by atoms with van der Waals surface area (Å²) in [4.78, 5) is 5.07. The van der Waals surface area contributed by atoms with E-state index < -0.39 is 0 Å². The summed E-state index contributed by atoms with van der Waals surface area (Å²) in [5.41, 5.74) is 6.96. The normalized spacial score (nSPS) is 19.2. The summed E-state index contributed by atoms with van der Waals surface area (Å²) in [6, 6.07) is 21.9. The monoisotopic (exact) mass is 466 g/mol. The lowest BCUT2D eigenvalue weighted by Crippen LogP contribution is -2.33. The van der Waals surface area contributed by atoms with Gasteiger partial charge in [-0.2, -0.15) is 0 Å². The molecule has 3 heteroatoms. The molecule has 1 aromatic heterocycles. The van der Waals surface area contributed by atoms with E-state index in [-0.39, 0.29) is 5.41 Å². The van der Waals surface area contributed by atoms with Crippen LogP contribution in [-0.4, -0.2) is 11.5 Å². The predicted octanol–water partition coefficient (Wildman–Crippen LogP) is 8.49. The molecule has 2 nitrogen and oxygen atoms in total. The van der Waals surface area contributed by atoms with Crippen molar-refractivity contribution in [2.45, 2.75) is 51.4 Å². The maximum absolute atomic E-state index is 5.07. The van der Waals surface area contributed by atoms with E-state index in [9.17, 15) is 0 Å². The Hall–Kier alpha value is -2.91. The number of thiazole rings is 1. The van der Waals surface area contributed by atoms with Crippen molar-refractivity contribution in [1.29, 1.82) is 0 Å². The molecule has 2 unspecified atom stereocenters. The molecule has 34 heavy (non-hydrogen) atoms. The van der Waals surface area contributed by atoms with Crippen LogP contribution in [0.2, 0.25) is 0 Å². The summed E-state index contributed by atoms with van der Waals surface area (Å²) < 4.78 is 0. The lowest BCUT2D eigenvalue weighted by molar-refractivity contribution is 0.289. The average molecular weight is 467 g/mol. The van der Waals surface area contributed by atoms with E-state index in [1.54, 1.807) is 11.3 Å². The molecule has 0 fully saturated rings. The van der Waals surface area contributed by atoms with Gasteiger partial charge in [0.25, 0.3) is 0 Å². The topological polar surface area (TPSA) is 24.9 Å². The Morgan fingerprint density at radius 1 is 1.00 bits per heavy atom. The van der Waals surface area contributed by atoms with Gasteiger partial charge in [0.1, 0.15) is 0 Å². The Balaban J connectivity index is 1.37. The fraction of sp³-hybridized carbons (Fsp3) is 0.323. The highest BCUT2D eigenvalue weighted by molar-refractivity contribution is 7.13. The van der Waals surface area contributed by atoms with Crippen molar-refractivity contribution < 1.29 is 0 Å². The number of nitrogens with one attached hydrogen (secondary N) is 1. The zero-order chi connectivity index (χ0) is 23.4. The lowest BCUT2D eigenvalue weighted by atomic mass is 9.68. The van der Waals surface area contributed by atoms with Crippen LogP contribution in [0.25, 0.3) is 0 Å². The van der Waals surface area contributed by atoms with Gasteiger partial charge in [0.05, 0.1) is 5.69 Å². The van der Waals surface area contributed by atoms with Crippen LogP contribution in [-0.2, 0) is 0 Å². The van der Waals surface area contributed by atoms with Gasteiger partial charge in [0.2, 0.25) is 0 Å². The minimum Gasteiger partial charge on any atom is -0.361 e. The van der Waals surface area contributed by atoms with Crippen molar-refractivity contribution in [3.63, 3.8) is 0 Å². The maximum Gasteiger partial charge on any atom is 0.182 e. The summed E-state index contributed by atoms with van der Waals surface area (Å²) in [6.07, 6.45) is 13.7. The van der Waals surface area contributed by atoms with Crippen molar-refractivity contribution in [2.24, 2.45) is 5.41 Å². The largest absolute Gasteiger partial charge is 0.361 e. The third-order valence-electron chi connectivity index (χ3n) is 7.61. The molecule has 0 spiro atoms. The molecule has 0 saturated carbocycles. The molecule has 0 saturated heterocycles. The van der Waals surface area contributed by atoms with Gasteiger partial charge in [0, 0.05) is 23.8 Å². The summed E-state index contributed by atoms with van der Waals surface area (Å²) >= 11 is 1.74. The molecule has 1 heterocycles. The first-order valence-corrected chi connectivity index (χ1v) is 13.4. The highest BCUT2D eigenvalue weighted by Crippen LogP contribution is 2.44. The number of hydrogen-bond donors (Lipinski definition) is 1. The van der Waals surface area contributed by atoms with Crippen LogP contribution in [0.4, 0.5) is 5.13 Å². The number of anilines is 1. The molecule has 174 valence electrons. The number of nitrogens with zero attached hydrogens (tertiary/aromatic N) is 1. The minimum atomic E-state index is 0.0456. The lowest BCUT2D eigenvalue weighted by Gasteiger charge is -2.38. The third kappa shape index (κ3) is 4.67. The van der Waals surface area contributed by atoms with E-state index in [1.165, 1.54) is 28.0 Å². The molecule has 0 bridgehead atoms. The predicted molar refractivity (Wildman–Crippen MR) is 146 cm³/mol. The van der Waals surface area contributed by atoms with Gasteiger partial charge in [-0.05, 0) is 53.4 Å². The van der Waals surface area contributed by atoms with Crippen LogP contribution in [0.15, 0.2) is 101 Å². The van der Waals surface area contributed by atoms with E-state index in [2.05, 4.69) is 110 Å². The molecule has 2 aliphatic rings. The first kappa shape index (κ1) is 22.9. The second-order valence-electron chi connectivity index (χ2n) is 9.81. The zero-order valence-corrected chi connectivity index (χ0v) is 21.0. The number of benzene rings is 2. The van der Waals surface area contributed by atoms with Crippen LogP contribution < -0.4 is 5.32 Å². The van der Waals surface area contributed by atoms with Crippen LogP contribution in [0.5, 0.6) is 0 Å². The fourth-order valence-electron chi connectivity index (χ4n) is 5.50. The fourth-order valence-corrected chi connectivity index (χ4v) is 6.26. The van der Waals surface area contributed by atoms with Crippen molar-refractivity contribution in [2.75, 3.05) is 11.9 Å². The van der Waals surface area contributed by atoms with Crippen molar-refractivity contribution in [3.8, 4) is 0 Å². The maximum atomic E-state index is 5.07. The summed E-state index contributed by atoms with van der Waals surface area (Å²) in [6.45, 7) is 5.60. The molecule has 0 aliphatic heterocycles. The van der Waals surface area contributed by atoms with Gasteiger partial charge in [-0.25, -0.2) is 4.98 Å². The Morgan fingerprint density at radius 2 is 1.71 bits per heavy atom. The Labute approximate surface area is 208 Å². The molecule has 2 aliphatic carbocycles. The van der Waals surface area contributed by atoms with E-state index in [4.69, 9.17) is 4.98 Å². The molecular formula is C31H34N2S. The second-order valence-corrected chi connectivity index (χ2v) is 10.7. The molecule has 0 amide bonds. The van der Waals surface area contributed by atoms with Crippen LogP contribution in [0.3, 0.4) is 0 Å². The standard InChI is InChI=1S/C31H34N2S/c1-3-31(2,29(24-14-6-4-7-15-24)25-16-8-5-9-17-25)22-32-30-33-28(21-34-30)27-20-12-18-23-13-10-11-19-26(23)27/h4-9,11-12,14-19,21,27,29H,3,10,13,20,22H2,1-2H3,(H,32,33). The molecule has 1 N–H and O–H groups in total. The van der Waals surface area contributed by atoms with Crippen molar-refractivity contribution in [1.82, 2.24) is 4.98 Å². The zero-order valence-electron chi connectivity index (χ0n) is 20.2. The van der Waals surface area contributed by atoms with Crippen LogP contribution in [0.1, 0.15) is 68.2 Å². The highest BCUT2D eigenvalue weighted by Gasteiger charge is 2.35. The SMILES string of the molecule is CCC(C)(CNc1nc(C2CC=CC3=C2C=CCC3)cs1)C(c1ccccc1)c1ccccc1. The molecule has 0 radical (unpaired) electrons. The summed E-state index contributed by atoms with van der Waals surface area (Å²) in [5.74, 6) is 0.706. The first-order valence-electron chi connectivity index (χ1n) is 12.5. The first-order chi connectivity index (χ1) is 16.7. The number of rotatable bonds is 8. The Morgan fingerprint density at radius 3 is 2.38 bits per heavy atom. The Kier molecular flexibility index (Phi) is 6.82. The van der Waals surface area contributed by atoms with Crippen molar-refractivity contribution in [3.05, 3.63) is 118 Å². The van der Waals surface area contributed by atoms with E-state index >= 15 is 0 Å². The minimum absolute atomic E-state index is 0.0456. The van der Waals surface area contributed by atoms with Gasteiger partial charge in [-0.3, -0.25) is 0 Å². The number of allylic oxidation sites excluding steroid dienone is 6. The summed E-state index contributed by atoms with van der Waals surface area (Å²) in [7, 11) is 0. The van der Waals surface area contributed by atoms with E-state index in [0.717, 1.165) is 37.4 Å².